The van der Waals surface area contributed by atoms with Crippen LogP contribution in [-0.4, -0.2) is 36.5 Å². The monoisotopic (exact) mass is 292 g/mol. The molecule has 0 unspecified atom stereocenters. The van der Waals surface area contributed by atoms with E-state index in [9.17, 15) is 14.4 Å². The van der Waals surface area contributed by atoms with E-state index in [0.29, 0.717) is 5.56 Å². The van der Waals surface area contributed by atoms with Crippen LogP contribution in [-0.2, 0) is 19.1 Å². The molecule has 0 saturated carbocycles. The quantitative estimate of drug-likeness (QED) is 0.651. The second-order valence-electron chi connectivity index (χ2n) is 3.92. The zero-order valence-corrected chi connectivity index (χ0v) is 12.0. The number of pyridine rings is 1. The van der Waals surface area contributed by atoms with Crippen LogP contribution in [0.5, 0.6) is 0 Å². The van der Waals surface area contributed by atoms with Crippen molar-refractivity contribution in [1.82, 2.24) is 4.98 Å². The smallest absolute Gasteiger partial charge is 0.341 e. The number of carbonyl (C=O) groups excluding carboxylic acids is 3. The predicted octanol–water partition coefficient (Wildman–Crippen LogP) is 1.40. The fourth-order valence-electron chi connectivity index (χ4n) is 1.46. The Morgan fingerprint density at radius 1 is 1.38 bits per heavy atom. The highest BCUT2D eigenvalue weighted by Crippen LogP contribution is 2.16. The molecule has 21 heavy (non-hydrogen) atoms. The highest BCUT2D eigenvalue weighted by atomic mass is 16.5. The van der Waals surface area contributed by atoms with Gasteiger partial charge in [-0.05, 0) is 24.6 Å². The Hall–Kier alpha value is -2.70. The number of methoxy groups -OCH3 is 1. The molecule has 0 bridgehead atoms. The van der Waals surface area contributed by atoms with E-state index in [-0.39, 0.29) is 23.9 Å². The van der Waals surface area contributed by atoms with Gasteiger partial charge in [0.2, 0.25) is 5.91 Å². The number of aromatic nitrogens is 1. The van der Waals surface area contributed by atoms with Crippen molar-refractivity contribution in [2.45, 2.75) is 13.8 Å². The summed E-state index contributed by atoms with van der Waals surface area (Å²) in [7, 11) is 1.22. The summed E-state index contributed by atoms with van der Waals surface area (Å²) in [6.45, 7) is 3.28. The number of carbonyl (C=O) groups is 3. The maximum atomic E-state index is 11.7. The van der Waals surface area contributed by atoms with Crippen molar-refractivity contribution in [1.29, 1.82) is 0 Å². The Morgan fingerprint density at radius 2 is 2.10 bits per heavy atom. The van der Waals surface area contributed by atoms with Gasteiger partial charge in [0, 0.05) is 19.2 Å². The minimum atomic E-state index is -0.641. The van der Waals surface area contributed by atoms with Crippen molar-refractivity contribution in [2.24, 2.45) is 0 Å². The predicted molar refractivity (Wildman–Crippen MR) is 75.5 cm³/mol. The highest BCUT2D eigenvalue weighted by molar-refractivity contribution is 6.00. The molecule has 1 aromatic rings. The number of rotatable bonds is 5. The lowest BCUT2D eigenvalue weighted by Gasteiger charge is -2.08. The Balaban J connectivity index is 3.06. The summed E-state index contributed by atoms with van der Waals surface area (Å²) in [5, 5.41) is 2.43. The van der Waals surface area contributed by atoms with Crippen LogP contribution >= 0.6 is 0 Å². The van der Waals surface area contributed by atoms with Crippen LogP contribution in [0.2, 0.25) is 0 Å². The molecule has 1 amide bonds. The third kappa shape index (κ3) is 5.06. The van der Waals surface area contributed by atoms with Crippen LogP contribution in [0, 0.1) is 0 Å². The van der Waals surface area contributed by atoms with Crippen molar-refractivity contribution < 1.29 is 23.9 Å². The zero-order valence-electron chi connectivity index (χ0n) is 12.0. The van der Waals surface area contributed by atoms with Crippen LogP contribution in [0.15, 0.2) is 18.3 Å². The average molecular weight is 292 g/mol. The third-order valence-corrected chi connectivity index (χ3v) is 2.31. The minimum absolute atomic E-state index is 0.0960. The summed E-state index contributed by atoms with van der Waals surface area (Å²) < 4.78 is 9.38. The number of nitrogens with zero attached hydrogens (tertiary/aromatic N) is 1. The van der Waals surface area contributed by atoms with Crippen LogP contribution in [0.4, 0.5) is 5.82 Å². The van der Waals surface area contributed by atoms with Gasteiger partial charge in [0.05, 0.1) is 13.7 Å². The van der Waals surface area contributed by atoms with Gasteiger partial charge in [-0.15, -0.1) is 0 Å². The Kier molecular flexibility index (Phi) is 6.06. The van der Waals surface area contributed by atoms with Gasteiger partial charge in [0.25, 0.3) is 0 Å². The van der Waals surface area contributed by atoms with Crippen molar-refractivity contribution in [3.05, 3.63) is 29.5 Å². The van der Waals surface area contributed by atoms with E-state index in [1.54, 1.807) is 6.92 Å². The second-order valence-corrected chi connectivity index (χ2v) is 3.92. The lowest BCUT2D eigenvalue weighted by molar-refractivity contribution is -0.137. The van der Waals surface area contributed by atoms with E-state index in [1.165, 1.54) is 38.4 Å². The maximum absolute atomic E-state index is 11.7. The Morgan fingerprint density at radius 3 is 2.67 bits per heavy atom. The van der Waals surface area contributed by atoms with E-state index >= 15 is 0 Å². The van der Waals surface area contributed by atoms with Crippen LogP contribution in [0.1, 0.15) is 29.8 Å². The van der Waals surface area contributed by atoms with Gasteiger partial charge in [0.1, 0.15) is 11.4 Å². The molecule has 0 saturated heterocycles. The lowest BCUT2D eigenvalue weighted by Crippen LogP contribution is -2.13. The molecule has 0 atom stereocenters. The van der Waals surface area contributed by atoms with Gasteiger partial charge in [-0.1, -0.05) is 0 Å². The standard InChI is InChI=1S/C14H16N2O5/c1-4-21-12(18)6-5-10-7-11(14(19)20-3)13(15-8-10)16-9(2)17/h5-8H,4H2,1-3H3,(H,15,16,17). The molecule has 112 valence electrons. The summed E-state index contributed by atoms with van der Waals surface area (Å²) in [6, 6.07) is 1.46. The summed E-state index contributed by atoms with van der Waals surface area (Å²) in [4.78, 5) is 38.0. The van der Waals surface area contributed by atoms with Crippen molar-refractivity contribution in [3.63, 3.8) is 0 Å². The molecule has 0 spiro atoms. The number of ether oxygens (including phenoxy) is 2. The minimum Gasteiger partial charge on any atom is -0.465 e. The Bertz CT molecular complexity index is 581. The molecule has 0 aliphatic carbocycles. The molecule has 0 fully saturated rings. The molecular formula is C14H16N2O5. The van der Waals surface area contributed by atoms with Gasteiger partial charge in [-0.3, -0.25) is 4.79 Å². The highest BCUT2D eigenvalue weighted by Gasteiger charge is 2.14. The normalized spacial score (nSPS) is 10.2. The SMILES string of the molecule is CCOC(=O)C=Cc1cnc(NC(C)=O)c(C(=O)OC)c1. The van der Waals surface area contributed by atoms with E-state index in [2.05, 4.69) is 15.0 Å². The summed E-state index contributed by atoms with van der Waals surface area (Å²) in [5.74, 6) is -1.40. The summed E-state index contributed by atoms with van der Waals surface area (Å²) in [5.41, 5.74) is 0.594. The Labute approximate surface area is 122 Å². The van der Waals surface area contributed by atoms with E-state index in [4.69, 9.17) is 4.74 Å². The fourth-order valence-corrected chi connectivity index (χ4v) is 1.46. The van der Waals surface area contributed by atoms with Gasteiger partial charge in [-0.2, -0.15) is 0 Å². The second kappa shape index (κ2) is 7.78. The number of nitrogens with one attached hydrogen (secondary N) is 1. The van der Waals surface area contributed by atoms with E-state index in [0.717, 1.165) is 0 Å². The number of hydrogen-bond donors (Lipinski definition) is 1. The van der Waals surface area contributed by atoms with Crippen molar-refractivity contribution in [2.75, 3.05) is 19.0 Å². The molecule has 7 heteroatoms. The lowest BCUT2D eigenvalue weighted by atomic mass is 10.1. The molecule has 1 heterocycles. The topological polar surface area (TPSA) is 94.6 Å². The fraction of sp³-hybridized carbons (Fsp3) is 0.286. The van der Waals surface area contributed by atoms with Crippen LogP contribution in [0.3, 0.4) is 0 Å². The van der Waals surface area contributed by atoms with Crippen molar-refractivity contribution >= 4 is 29.7 Å². The van der Waals surface area contributed by atoms with Gasteiger partial charge < -0.3 is 14.8 Å². The first kappa shape index (κ1) is 16.4. The van der Waals surface area contributed by atoms with Crippen molar-refractivity contribution in [3.8, 4) is 0 Å². The summed E-state index contributed by atoms with van der Waals surface area (Å²) >= 11 is 0. The zero-order chi connectivity index (χ0) is 15.8. The number of amides is 1. The maximum Gasteiger partial charge on any atom is 0.341 e. The van der Waals surface area contributed by atoms with Gasteiger partial charge in [-0.25, -0.2) is 14.6 Å². The molecule has 0 radical (unpaired) electrons. The summed E-state index contributed by atoms with van der Waals surface area (Å²) in [6.07, 6.45) is 4.09. The number of esters is 2. The molecular weight excluding hydrogens is 276 g/mol. The number of anilines is 1. The van der Waals surface area contributed by atoms with Gasteiger partial charge in [0.15, 0.2) is 0 Å². The molecule has 0 aliphatic heterocycles. The molecule has 0 aromatic carbocycles. The first-order chi connectivity index (χ1) is 9.97. The first-order valence-corrected chi connectivity index (χ1v) is 6.18. The van der Waals surface area contributed by atoms with Crippen LogP contribution < -0.4 is 5.32 Å². The largest absolute Gasteiger partial charge is 0.465 e. The molecule has 1 rings (SSSR count). The molecule has 0 aliphatic rings. The number of hydrogen-bond acceptors (Lipinski definition) is 6. The molecule has 1 aromatic heterocycles. The van der Waals surface area contributed by atoms with E-state index in [1.807, 2.05) is 0 Å². The molecule has 7 nitrogen and oxygen atoms in total. The first-order valence-electron chi connectivity index (χ1n) is 6.18. The third-order valence-electron chi connectivity index (χ3n) is 2.31. The van der Waals surface area contributed by atoms with Gasteiger partial charge >= 0.3 is 11.9 Å². The molecule has 1 N–H and O–H groups in total. The van der Waals surface area contributed by atoms with Crippen LogP contribution in [0.25, 0.3) is 6.08 Å². The van der Waals surface area contributed by atoms with E-state index < -0.39 is 11.9 Å². The average Bonchev–Trinajstić information content (AvgIpc) is 2.45.